The Hall–Kier alpha value is -3.29. The molecular weight excluding hydrogens is 415 g/mol. The fourth-order valence-electron chi connectivity index (χ4n) is 4.52. The first-order chi connectivity index (χ1) is 14.3. The molecule has 0 aromatic heterocycles. The zero-order chi connectivity index (χ0) is 22.9. The highest BCUT2D eigenvalue weighted by molar-refractivity contribution is 6.22. The molecule has 1 aromatic carbocycles. The van der Waals surface area contributed by atoms with Crippen LogP contribution < -0.4 is 10.2 Å². The number of carbonyl (C=O) groups excluding carboxylic acids is 3. The summed E-state index contributed by atoms with van der Waals surface area (Å²) in [5, 5.41) is 11.8. The van der Waals surface area contributed by atoms with Gasteiger partial charge in [-0.25, -0.2) is 14.5 Å². The van der Waals surface area contributed by atoms with E-state index in [2.05, 4.69) is 5.32 Å². The van der Waals surface area contributed by atoms with Crippen molar-refractivity contribution in [1.82, 2.24) is 15.1 Å². The maximum Gasteiger partial charge on any atom is 0.417 e. The molecule has 1 N–H and O–H groups in total. The van der Waals surface area contributed by atoms with Gasteiger partial charge >= 0.3 is 18.2 Å². The first kappa shape index (κ1) is 21.0. The number of benzene rings is 1. The van der Waals surface area contributed by atoms with E-state index in [1.54, 1.807) is 0 Å². The standard InChI is InChI=1S/C20H20F3N5O3/c1-19(2,3)25-17(30)26-9-12-7-14(26)15-16(29)28(18(31)27(12)15)11-5-4-10(8-24)13(6-11)20(21,22)23/h4-6,12,14-15H,7,9H2,1-3H3,(H,25,30)/t12-,14-,15+/m0/s1. The van der Waals surface area contributed by atoms with Crippen molar-refractivity contribution < 1.29 is 27.6 Å². The zero-order valence-corrected chi connectivity index (χ0v) is 17.0. The Morgan fingerprint density at radius 1 is 1.23 bits per heavy atom. The van der Waals surface area contributed by atoms with Crippen LogP contribution in [0.2, 0.25) is 0 Å². The third kappa shape index (κ3) is 3.26. The van der Waals surface area contributed by atoms with Crippen LogP contribution in [-0.4, -0.2) is 58.0 Å². The number of amides is 5. The van der Waals surface area contributed by atoms with Crippen LogP contribution in [0.25, 0.3) is 0 Å². The molecule has 31 heavy (non-hydrogen) atoms. The third-order valence-electron chi connectivity index (χ3n) is 5.69. The van der Waals surface area contributed by atoms with Crippen LogP contribution in [-0.2, 0) is 11.0 Å². The third-order valence-corrected chi connectivity index (χ3v) is 5.69. The van der Waals surface area contributed by atoms with Gasteiger partial charge < -0.3 is 15.1 Å². The molecule has 1 aromatic rings. The Balaban J connectivity index is 1.65. The maximum atomic E-state index is 13.3. The lowest BCUT2D eigenvalue weighted by Gasteiger charge is -2.36. The SMILES string of the molecule is CC(C)(C)NC(=O)N1C[C@@H]2C[C@H]1[C@@H]1C(=O)N(c3ccc(C#N)c(C(F)(F)F)c3)C(=O)N21. The van der Waals surface area contributed by atoms with Crippen molar-refractivity contribution in [3.05, 3.63) is 29.3 Å². The molecule has 0 unspecified atom stereocenters. The number of imide groups is 1. The Morgan fingerprint density at radius 3 is 2.48 bits per heavy atom. The number of nitrogens with one attached hydrogen (secondary N) is 1. The summed E-state index contributed by atoms with van der Waals surface area (Å²) in [5.41, 5.74) is -2.55. The number of hydrogen-bond donors (Lipinski definition) is 1. The first-order valence-electron chi connectivity index (χ1n) is 9.70. The number of anilines is 1. The molecule has 0 aliphatic carbocycles. The van der Waals surface area contributed by atoms with Crippen LogP contribution in [0.5, 0.6) is 0 Å². The fraction of sp³-hybridized carbons (Fsp3) is 0.500. The van der Waals surface area contributed by atoms with Crippen molar-refractivity contribution in [2.24, 2.45) is 0 Å². The van der Waals surface area contributed by atoms with E-state index in [0.29, 0.717) is 17.4 Å². The molecule has 3 atom stereocenters. The molecule has 3 saturated heterocycles. The smallest absolute Gasteiger partial charge is 0.333 e. The number of piperazine rings is 1. The summed E-state index contributed by atoms with van der Waals surface area (Å²) >= 11 is 0. The Kier molecular flexibility index (Phi) is 4.46. The number of likely N-dealkylation sites (tertiary alicyclic amines) is 1. The second-order valence-electron chi connectivity index (χ2n) is 8.94. The number of halogens is 3. The quantitative estimate of drug-likeness (QED) is 0.686. The summed E-state index contributed by atoms with van der Waals surface area (Å²) in [6.07, 6.45) is -4.38. The summed E-state index contributed by atoms with van der Waals surface area (Å²) in [5.74, 6) is -0.677. The van der Waals surface area contributed by atoms with Gasteiger partial charge in [0.25, 0.3) is 5.91 Å². The van der Waals surface area contributed by atoms with Gasteiger partial charge in [0.15, 0.2) is 0 Å². The lowest BCUT2D eigenvalue weighted by molar-refractivity contribution is -0.137. The average Bonchev–Trinajstić information content (AvgIpc) is 3.31. The molecule has 3 aliphatic heterocycles. The molecule has 164 valence electrons. The van der Waals surface area contributed by atoms with Crippen molar-refractivity contribution in [1.29, 1.82) is 5.26 Å². The molecule has 11 heteroatoms. The van der Waals surface area contributed by atoms with E-state index >= 15 is 0 Å². The number of carbonyl (C=O) groups is 3. The Labute approximate surface area is 176 Å². The number of rotatable bonds is 1. The number of hydrogen-bond acceptors (Lipinski definition) is 4. The van der Waals surface area contributed by atoms with Gasteiger partial charge in [0.05, 0.1) is 35.0 Å². The van der Waals surface area contributed by atoms with E-state index in [-0.39, 0.29) is 24.3 Å². The van der Waals surface area contributed by atoms with Gasteiger partial charge in [0.2, 0.25) is 0 Å². The normalized spacial score (nSPS) is 25.2. The predicted octanol–water partition coefficient (Wildman–Crippen LogP) is 2.68. The molecule has 4 rings (SSSR count). The first-order valence-corrected chi connectivity index (χ1v) is 9.70. The number of alkyl halides is 3. The van der Waals surface area contributed by atoms with Crippen LogP contribution in [0.3, 0.4) is 0 Å². The number of fused-ring (bicyclic) bond motifs is 5. The highest BCUT2D eigenvalue weighted by atomic mass is 19.4. The lowest BCUT2D eigenvalue weighted by Crippen LogP contribution is -2.59. The van der Waals surface area contributed by atoms with E-state index in [1.807, 2.05) is 20.8 Å². The van der Waals surface area contributed by atoms with Crippen molar-refractivity contribution in [2.75, 3.05) is 11.4 Å². The molecule has 0 radical (unpaired) electrons. The van der Waals surface area contributed by atoms with Crippen LogP contribution in [0.1, 0.15) is 38.3 Å². The number of urea groups is 2. The highest BCUT2D eigenvalue weighted by Crippen LogP contribution is 2.43. The summed E-state index contributed by atoms with van der Waals surface area (Å²) in [7, 11) is 0. The Morgan fingerprint density at radius 2 is 1.90 bits per heavy atom. The molecule has 8 nitrogen and oxygen atoms in total. The van der Waals surface area contributed by atoms with Crippen molar-refractivity contribution >= 4 is 23.7 Å². The van der Waals surface area contributed by atoms with Gasteiger partial charge in [-0.05, 0) is 45.4 Å². The van der Waals surface area contributed by atoms with Crippen LogP contribution in [0, 0.1) is 11.3 Å². The minimum atomic E-state index is -4.82. The fourth-order valence-corrected chi connectivity index (χ4v) is 4.52. The zero-order valence-electron chi connectivity index (χ0n) is 17.0. The summed E-state index contributed by atoms with van der Waals surface area (Å²) < 4.78 is 40.0. The van der Waals surface area contributed by atoms with E-state index in [4.69, 9.17) is 5.26 Å². The van der Waals surface area contributed by atoms with Gasteiger partial charge in [-0.2, -0.15) is 18.4 Å². The maximum absolute atomic E-state index is 13.3. The van der Waals surface area contributed by atoms with Gasteiger partial charge in [-0.3, -0.25) is 4.79 Å². The van der Waals surface area contributed by atoms with E-state index in [1.165, 1.54) is 15.9 Å². The minimum Gasteiger partial charge on any atom is -0.333 e. The molecule has 0 spiro atoms. The van der Waals surface area contributed by atoms with E-state index < -0.39 is 46.9 Å². The predicted molar refractivity (Wildman–Crippen MR) is 102 cm³/mol. The second kappa shape index (κ2) is 6.60. The molecule has 0 saturated carbocycles. The molecule has 3 aliphatic rings. The van der Waals surface area contributed by atoms with E-state index in [9.17, 15) is 27.6 Å². The lowest BCUT2D eigenvalue weighted by atomic mass is 10.1. The number of nitrogens with zero attached hydrogens (tertiary/aromatic N) is 4. The van der Waals surface area contributed by atoms with Gasteiger partial charge in [-0.1, -0.05) is 0 Å². The molecular formula is C20H20F3N5O3. The van der Waals surface area contributed by atoms with Crippen molar-refractivity contribution in [3.8, 4) is 6.07 Å². The van der Waals surface area contributed by atoms with Gasteiger partial charge in [0.1, 0.15) is 6.04 Å². The Bertz CT molecular complexity index is 1030. The topological polar surface area (TPSA) is 96.7 Å². The molecule has 2 bridgehead atoms. The highest BCUT2D eigenvalue weighted by Gasteiger charge is 2.63. The minimum absolute atomic E-state index is 0.247. The number of nitriles is 1. The van der Waals surface area contributed by atoms with Gasteiger partial charge in [0, 0.05) is 12.1 Å². The van der Waals surface area contributed by atoms with Crippen LogP contribution in [0.15, 0.2) is 18.2 Å². The van der Waals surface area contributed by atoms with Crippen molar-refractivity contribution in [2.45, 2.75) is 57.0 Å². The van der Waals surface area contributed by atoms with Gasteiger partial charge in [-0.15, -0.1) is 0 Å². The van der Waals surface area contributed by atoms with Crippen LogP contribution in [0.4, 0.5) is 28.4 Å². The molecule has 3 heterocycles. The van der Waals surface area contributed by atoms with Crippen molar-refractivity contribution in [3.63, 3.8) is 0 Å². The molecule has 3 fully saturated rings. The summed E-state index contributed by atoms with van der Waals surface area (Å²) in [4.78, 5) is 42.3. The second-order valence-corrected chi connectivity index (χ2v) is 8.94. The summed E-state index contributed by atoms with van der Waals surface area (Å²) in [6, 6.07) is 1.27. The monoisotopic (exact) mass is 435 g/mol. The van der Waals surface area contributed by atoms with E-state index in [0.717, 1.165) is 12.1 Å². The van der Waals surface area contributed by atoms with Crippen LogP contribution >= 0.6 is 0 Å². The summed E-state index contributed by atoms with van der Waals surface area (Å²) in [6.45, 7) is 5.71. The largest absolute Gasteiger partial charge is 0.417 e. The average molecular weight is 435 g/mol. The molecule has 5 amide bonds.